The second-order valence-corrected chi connectivity index (χ2v) is 3.66. The quantitative estimate of drug-likeness (QED) is 0.336. The highest BCUT2D eigenvalue weighted by Gasteiger charge is 2.11. The molecular weight excluding hydrogens is 206 g/mol. The van der Waals surface area contributed by atoms with Crippen molar-refractivity contribution in [1.82, 2.24) is 0 Å². The maximum Gasteiger partial charge on any atom is 0.294 e. The summed E-state index contributed by atoms with van der Waals surface area (Å²) in [5, 5.41) is 13.8. The molecule has 0 radical (unpaired) electrons. The van der Waals surface area contributed by atoms with Gasteiger partial charge in [0, 0.05) is 18.3 Å². The van der Waals surface area contributed by atoms with Crippen molar-refractivity contribution in [2.24, 2.45) is 0 Å². The zero-order valence-corrected chi connectivity index (χ0v) is 9.40. The van der Waals surface area contributed by atoms with E-state index < -0.39 is 4.92 Å². The number of benzene rings is 1. The van der Waals surface area contributed by atoms with Gasteiger partial charge in [-0.05, 0) is 18.6 Å². The second-order valence-electron chi connectivity index (χ2n) is 3.66. The fraction of sp³-hybridized carbons (Fsp3) is 0.455. The number of rotatable bonds is 6. The van der Waals surface area contributed by atoms with Crippen molar-refractivity contribution in [3.8, 4) is 0 Å². The summed E-state index contributed by atoms with van der Waals surface area (Å²) in [6.45, 7) is 2.96. The lowest BCUT2D eigenvalue weighted by Gasteiger charge is -2.06. The maximum atomic E-state index is 10.6. The molecule has 0 aliphatic carbocycles. The Morgan fingerprint density at radius 1 is 1.44 bits per heavy atom. The molecule has 0 heterocycles. The lowest BCUT2D eigenvalue weighted by molar-refractivity contribution is -0.383. The van der Waals surface area contributed by atoms with E-state index in [0.717, 1.165) is 31.5 Å². The van der Waals surface area contributed by atoms with Gasteiger partial charge in [-0.15, -0.1) is 0 Å². The van der Waals surface area contributed by atoms with Crippen LogP contribution in [0.25, 0.3) is 0 Å². The fourth-order valence-electron chi connectivity index (χ4n) is 1.42. The Kier molecular flexibility index (Phi) is 4.57. The first-order chi connectivity index (χ1) is 7.65. The van der Waals surface area contributed by atoms with Crippen molar-refractivity contribution in [2.45, 2.75) is 26.2 Å². The minimum atomic E-state index is -0.466. The zero-order valence-electron chi connectivity index (χ0n) is 9.40. The van der Waals surface area contributed by atoms with E-state index in [4.69, 9.17) is 5.73 Å². The SMILES string of the molecule is CCCCCNc1ccc(N)c([N+](=O)[O-])c1. The number of nitrogens with one attached hydrogen (secondary N) is 1. The summed E-state index contributed by atoms with van der Waals surface area (Å²) in [5.74, 6) is 0. The maximum absolute atomic E-state index is 10.6. The summed E-state index contributed by atoms with van der Waals surface area (Å²) in [6, 6.07) is 4.79. The van der Waals surface area contributed by atoms with Gasteiger partial charge in [0.25, 0.3) is 5.69 Å². The molecule has 0 unspecified atom stereocenters. The van der Waals surface area contributed by atoms with Crippen LogP contribution < -0.4 is 11.1 Å². The van der Waals surface area contributed by atoms with Crippen LogP contribution in [0.15, 0.2) is 18.2 Å². The standard InChI is InChI=1S/C11H17N3O2/c1-2-3-4-7-13-9-5-6-10(12)11(8-9)14(15)16/h5-6,8,13H,2-4,7,12H2,1H3. The molecule has 0 fully saturated rings. The Morgan fingerprint density at radius 2 is 2.19 bits per heavy atom. The molecule has 1 rings (SSSR count). The molecule has 5 nitrogen and oxygen atoms in total. The summed E-state index contributed by atoms with van der Waals surface area (Å²) in [5.41, 5.74) is 6.40. The molecule has 1 aromatic carbocycles. The number of unbranched alkanes of at least 4 members (excludes halogenated alkanes) is 2. The van der Waals surface area contributed by atoms with Gasteiger partial charge in [-0.2, -0.15) is 0 Å². The summed E-state index contributed by atoms with van der Waals surface area (Å²) in [4.78, 5) is 10.2. The van der Waals surface area contributed by atoms with Gasteiger partial charge in [-0.1, -0.05) is 19.8 Å². The lowest BCUT2D eigenvalue weighted by Crippen LogP contribution is -2.03. The fourth-order valence-corrected chi connectivity index (χ4v) is 1.42. The molecule has 88 valence electrons. The second kappa shape index (κ2) is 5.95. The summed E-state index contributed by atoms with van der Waals surface area (Å²) >= 11 is 0. The van der Waals surface area contributed by atoms with Gasteiger partial charge in [0.05, 0.1) is 4.92 Å². The van der Waals surface area contributed by atoms with E-state index in [9.17, 15) is 10.1 Å². The van der Waals surface area contributed by atoms with Crippen molar-refractivity contribution in [2.75, 3.05) is 17.6 Å². The van der Waals surface area contributed by atoms with Gasteiger partial charge in [0.1, 0.15) is 5.69 Å². The zero-order chi connectivity index (χ0) is 12.0. The Labute approximate surface area is 94.8 Å². The number of hydrogen-bond acceptors (Lipinski definition) is 4. The van der Waals surface area contributed by atoms with Crippen molar-refractivity contribution in [3.63, 3.8) is 0 Å². The first kappa shape index (κ1) is 12.3. The average Bonchev–Trinajstić information content (AvgIpc) is 2.26. The first-order valence-electron chi connectivity index (χ1n) is 5.43. The van der Waals surface area contributed by atoms with Crippen LogP contribution in [-0.2, 0) is 0 Å². The van der Waals surface area contributed by atoms with E-state index in [1.165, 1.54) is 6.07 Å². The van der Waals surface area contributed by atoms with Gasteiger partial charge in [0.2, 0.25) is 0 Å². The third-order valence-electron chi connectivity index (χ3n) is 2.34. The first-order valence-corrected chi connectivity index (χ1v) is 5.43. The minimum Gasteiger partial charge on any atom is -0.393 e. The number of hydrogen-bond donors (Lipinski definition) is 2. The van der Waals surface area contributed by atoms with Crippen LogP contribution in [0.1, 0.15) is 26.2 Å². The van der Waals surface area contributed by atoms with Gasteiger partial charge in [-0.25, -0.2) is 0 Å². The van der Waals surface area contributed by atoms with E-state index in [-0.39, 0.29) is 11.4 Å². The number of anilines is 2. The van der Waals surface area contributed by atoms with E-state index in [2.05, 4.69) is 12.2 Å². The van der Waals surface area contributed by atoms with E-state index >= 15 is 0 Å². The molecule has 0 atom stereocenters. The molecule has 1 aromatic rings. The Balaban J connectivity index is 2.61. The monoisotopic (exact) mass is 223 g/mol. The molecule has 3 N–H and O–H groups in total. The normalized spacial score (nSPS) is 10.1. The predicted octanol–water partition coefficient (Wildman–Crippen LogP) is 2.78. The van der Waals surface area contributed by atoms with Gasteiger partial charge < -0.3 is 11.1 Å². The number of nitrogens with two attached hydrogens (primary N) is 1. The Bertz CT molecular complexity index is 366. The molecule has 0 aromatic heterocycles. The van der Waals surface area contributed by atoms with Crippen molar-refractivity contribution in [3.05, 3.63) is 28.3 Å². The van der Waals surface area contributed by atoms with Crippen molar-refractivity contribution in [1.29, 1.82) is 0 Å². The van der Waals surface area contributed by atoms with Crippen molar-refractivity contribution >= 4 is 17.1 Å². The topological polar surface area (TPSA) is 81.2 Å². The molecule has 16 heavy (non-hydrogen) atoms. The summed E-state index contributed by atoms with van der Waals surface area (Å²) in [7, 11) is 0. The molecule has 0 aliphatic rings. The van der Waals surface area contributed by atoms with E-state index in [1.54, 1.807) is 12.1 Å². The van der Waals surface area contributed by atoms with Crippen LogP contribution >= 0.6 is 0 Å². The van der Waals surface area contributed by atoms with Crippen LogP contribution in [0.2, 0.25) is 0 Å². The highest BCUT2D eigenvalue weighted by molar-refractivity contribution is 5.65. The van der Waals surface area contributed by atoms with Gasteiger partial charge >= 0.3 is 0 Å². The number of nitrogens with zero attached hydrogens (tertiary/aromatic N) is 1. The molecule has 0 saturated carbocycles. The largest absolute Gasteiger partial charge is 0.393 e. The minimum absolute atomic E-state index is 0.0412. The summed E-state index contributed by atoms with van der Waals surface area (Å²) < 4.78 is 0. The molecule has 5 heteroatoms. The van der Waals surface area contributed by atoms with Crippen LogP contribution in [0, 0.1) is 10.1 Å². The number of nitro groups is 1. The smallest absolute Gasteiger partial charge is 0.294 e. The lowest BCUT2D eigenvalue weighted by atomic mass is 10.2. The molecule has 0 spiro atoms. The van der Waals surface area contributed by atoms with E-state index in [1.807, 2.05) is 0 Å². The van der Waals surface area contributed by atoms with Crippen LogP contribution in [0.3, 0.4) is 0 Å². The van der Waals surface area contributed by atoms with Gasteiger partial charge in [-0.3, -0.25) is 10.1 Å². The summed E-state index contributed by atoms with van der Waals surface area (Å²) in [6.07, 6.45) is 3.38. The highest BCUT2D eigenvalue weighted by atomic mass is 16.6. The highest BCUT2D eigenvalue weighted by Crippen LogP contribution is 2.24. The van der Waals surface area contributed by atoms with Crippen LogP contribution in [-0.4, -0.2) is 11.5 Å². The van der Waals surface area contributed by atoms with E-state index in [0.29, 0.717) is 0 Å². The Morgan fingerprint density at radius 3 is 2.81 bits per heavy atom. The third kappa shape index (κ3) is 3.42. The van der Waals surface area contributed by atoms with Crippen LogP contribution in [0.4, 0.5) is 17.1 Å². The number of nitro benzene ring substituents is 1. The molecule has 0 bridgehead atoms. The third-order valence-corrected chi connectivity index (χ3v) is 2.34. The molecule has 0 aliphatic heterocycles. The molecular formula is C11H17N3O2. The molecule has 0 amide bonds. The average molecular weight is 223 g/mol. The Hall–Kier alpha value is -1.78. The molecule has 0 saturated heterocycles. The number of nitrogen functional groups attached to an aromatic ring is 1. The predicted molar refractivity (Wildman–Crippen MR) is 65.5 cm³/mol. The van der Waals surface area contributed by atoms with Crippen LogP contribution in [0.5, 0.6) is 0 Å². The van der Waals surface area contributed by atoms with Gasteiger partial charge in [0.15, 0.2) is 0 Å². The van der Waals surface area contributed by atoms with Crippen molar-refractivity contribution < 1.29 is 4.92 Å².